The minimum Gasteiger partial charge on any atom is -0.323 e. The molecule has 0 aromatic carbocycles. The smallest absolute Gasteiger partial charge is 0.112 e. The monoisotopic (exact) mass is 218 g/mol. The van der Waals surface area contributed by atoms with Crippen LogP contribution in [0.25, 0.3) is 0 Å². The van der Waals surface area contributed by atoms with Crippen molar-refractivity contribution < 1.29 is 0 Å². The molecule has 0 amide bonds. The fraction of sp³-hybridized carbons (Fsp3) is 0.333. The van der Waals surface area contributed by atoms with Gasteiger partial charge in [-0.15, -0.1) is 10.9 Å². The molecular weight excluding hydrogens is 208 g/mol. The van der Waals surface area contributed by atoms with Crippen molar-refractivity contribution in [2.24, 2.45) is 11.5 Å². The molecule has 0 aromatic heterocycles. The summed E-state index contributed by atoms with van der Waals surface area (Å²) in [7, 11) is 31.5. The van der Waals surface area contributed by atoms with E-state index in [-0.39, 0.29) is 25.0 Å². The Morgan fingerprint density at radius 3 is 2.00 bits per heavy atom. The van der Waals surface area contributed by atoms with Gasteiger partial charge < -0.3 is 11.5 Å². The Morgan fingerprint density at radius 2 is 1.56 bits per heavy atom. The number of allylic oxidation sites excluding steroid dienone is 2. The summed E-state index contributed by atoms with van der Waals surface area (Å²) in [5.74, 6) is 0. The van der Waals surface area contributed by atoms with Crippen molar-refractivity contribution >= 4 is 72.2 Å². The number of rotatable bonds is 5. The van der Waals surface area contributed by atoms with Gasteiger partial charge >= 0.3 is 0 Å². The zero-order valence-corrected chi connectivity index (χ0v) is 10.2. The van der Waals surface area contributed by atoms with Gasteiger partial charge in [0, 0.05) is 69.9 Å². The lowest BCUT2D eigenvalue weighted by Crippen LogP contribution is -2.59. The van der Waals surface area contributed by atoms with E-state index in [0.717, 1.165) is 5.47 Å². The zero-order chi connectivity index (χ0) is 13.9. The van der Waals surface area contributed by atoms with Crippen molar-refractivity contribution in [2.45, 2.75) is 12.1 Å². The summed E-state index contributed by atoms with van der Waals surface area (Å²) in [4.78, 5) is 0. The molecule has 4 N–H and O–H groups in total. The Balaban J connectivity index is 3.07. The van der Waals surface area contributed by atoms with Gasteiger partial charge in [0.25, 0.3) is 0 Å². The molecule has 0 saturated heterocycles. The molecule has 0 aliphatic heterocycles. The molecule has 18 heavy (non-hydrogen) atoms. The van der Waals surface area contributed by atoms with Crippen LogP contribution in [0.4, 0.5) is 0 Å². The van der Waals surface area contributed by atoms with Crippen molar-refractivity contribution in [2.75, 3.05) is 0 Å². The molecular formula is C6H8B10N2. The fourth-order valence-corrected chi connectivity index (χ4v) is 2.11. The first-order valence-electron chi connectivity index (χ1n) is 5.74. The molecule has 0 spiro atoms. The molecule has 0 aromatic rings. The quantitative estimate of drug-likeness (QED) is 0.457. The van der Waals surface area contributed by atoms with E-state index >= 15 is 0 Å². The van der Waals surface area contributed by atoms with Gasteiger partial charge in [0.2, 0.25) is 0 Å². The van der Waals surface area contributed by atoms with Crippen molar-refractivity contribution in [3.8, 4) is 0 Å². The molecule has 0 bridgehead atoms. The Labute approximate surface area is 119 Å². The summed E-state index contributed by atoms with van der Waals surface area (Å²) >= 11 is 0. The first-order valence-corrected chi connectivity index (χ1v) is 5.74. The van der Waals surface area contributed by atoms with Crippen LogP contribution in [-0.4, -0.2) is 84.3 Å². The van der Waals surface area contributed by atoms with E-state index in [4.69, 9.17) is 50.3 Å². The zero-order valence-electron chi connectivity index (χ0n) is 10.2. The van der Waals surface area contributed by atoms with Crippen LogP contribution in [0.5, 0.6) is 0 Å². The van der Waals surface area contributed by atoms with Gasteiger partial charge in [0.15, 0.2) is 0 Å². The highest BCUT2D eigenvalue weighted by Crippen LogP contribution is 2.19. The van der Waals surface area contributed by atoms with E-state index in [9.17, 15) is 0 Å². The summed E-state index contributed by atoms with van der Waals surface area (Å²) in [5, 5.41) is 0. The van der Waals surface area contributed by atoms with Crippen LogP contribution in [0.3, 0.4) is 0 Å². The second-order valence-corrected chi connectivity index (χ2v) is 4.46. The molecule has 2 unspecified atom stereocenters. The average Bonchev–Trinajstić information content (AvgIpc) is 2.31. The molecule has 12 heteroatoms. The van der Waals surface area contributed by atoms with Crippen LogP contribution in [0.2, 0.25) is 0 Å². The van der Waals surface area contributed by atoms with Crippen molar-refractivity contribution in [1.82, 2.24) is 0 Å². The predicted octanol–water partition coefficient (Wildman–Crippen LogP) is -4.29. The predicted molar refractivity (Wildman–Crippen MR) is 89.7 cm³/mol. The van der Waals surface area contributed by atoms with Gasteiger partial charge in [-0.2, -0.15) is 0 Å². The molecule has 0 saturated carbocycles. The van der Waals surface area contributed by atoms with Gasteiger partial charge in [-0.3, -0.25) is 0 Å². The molecule has 2 atom stereocenters. The summed E-state index contributed by atoms with van der Waals surface area (Å²) in [6.45, 7) is -0.324. The normalized spacial score (nSPS) is 22.6. The molecule has 2 nitrogen and oxygen atoms in total. The van der Waals surface area contributed by atoms with Crippen LogP contribution >= 0.6 is 0 Å². The highest BCUT2D eigenvalue weighted by molar-refractivity contribution is 7.90. The van der Waals surface area contributed by atoms with Gasteiger partial charge in [-0.05, 0) is 0 Å². The molecule has 1 rings (SSSR count). The van der Waals surface area contributed by atoms with Gasteiger partial charge in [-0.1, -0.05) is 12.2 Å². The topological polar surface area (TPSA) is 52.0 Å². The summed E-state index contributed by atoms with van der Waals surface area (Å²) in [6, 6.07) is -0.643. The Hall–Kier alpha value is 0.0494. The second kappa shape index (κ2) is 7.00. The minimum atomic E-state index is -0.658. The third-order valence-corrected chi connectivity index (χ3v) is 3.15. The summed E-state index contributed by atoms with van der Waals surface area (Å²) < 4.78 is 0. The fourth-order valence-electron chi connectivity index (χ4n) is 2.11. The van der Waals surface area contributed by atoms with Crippen molar-refractivity contribution in [3.63, 3.8) is 0 Å². The SMILES string of the molecule is [B][B]B([B][B])B(B([B])[B])C1=CC(N)C(N)C=C1[B]. The molecule has 72 valence electrons. The van der Waals surface area contributed by atoms with Crippen molar-refractivity contribution in [1.29, 1.82) is 0 Å². The van der Waals surface area contributed by atoms with Crippen molar-refractivity contribution in [3.05, 3.63) is 23.1 Å². The Kier molecular flexibility index (Phi) is 6.26. The number of nitrogens with two attached hydrogens (primary N) is 2. The van der Waals surface area contributed by atoms with E-state index in [1.54, 1.807) is 12.2 Å². The van der Waals surface area contributed by atoms with Gasteiger partial charge in [0.1, 0.15) is 7.85 Å². The number of hydrogen-bond acceptors (Lipinski definition) is 2. The van der Waals surface area contributed by atoms with E-state index < -0.39 is 6.39 Å². The Morgan fingerprint density at radius 1 is 1.06 bits per heavy atom. The van der Waals surface area contributed by atoms with E-state index in [1.807, 2.05) is 0 Å². The maximum Gasteiger partial charge on any atom is 0.112 e. The highest BCUT2D eigenvalue weighted by atomic mass is 14.8. The van der Waals surface area contributed by atoms with Crippen LogP contribution in [0, 0.1) is 0 Å². The van der Waals surface area contributed by atoms with Crippen LogP contribution in [0.15, 0.2) is 23.1 Å². The lowest BCUT2D eigenvalue weighted by Gasteiger charge is -2.33. The van der Waals surface area contributed by atoms with Crippen LogP contribution in [-0.2, 0) is 0 Å². The largest absolute Gasteiger partial charge is 0.323 e. The first-order chi connectivity index (χ1) is 8.42. The van der Waals surface area contributed by atoms with E-state index in [1.165, 1.54) is 14.1 Å². The lowest BCUT2D eigenvalue weighted by atomic mass is 8.65. The van der Waals surface area contributed by atoms with Gasteiger partial charge in [-0.25, -0.2) is 0 Å². The molecule has 0 heterocycles. The average molecular weight is 216 g/mol. The number of hydrogen-bond donors (Lipinski definition) is 2. The highest BCUT2D eigenvalue weighted by Gasteiger charge is 2.32. The molecule has 1 aliphatic rings. The Bertz CT molecular complexity index is 339. The third-order valence-electron chi connectivity index (χ3n) is 3.15. The van der Waals surface area contributed by atoms with Crippen LogP contribution in [0.1, 0.15) is 0 Å². The molecule has 0 fully saturated rings. The standard InChI is InChI=1S/C6H8B10N2/c7-3-1-5(17)6(18)2-4(3)14(15(10)11)16(12-8)13-9/h1-2,5-6H,17-18H2. The van der Waals surface area contributed by atoms with Crippen LogP contribution < -0.4 is 11.5 Å². The first kappa shape index (κ1) is 16.1. The maximum atomic E-state index is 5.95. The summed E-state index contributed by atoms with van der Waals surface area (Å²) in [5.41, 5.74) is 12.9. The minimum absolute atomic E-state index is 0.287. The molecule has 1 aliphatic carbocycles. The summed E-state index contributed by atoms with van der Waals surface area (Å²) in [6.07, 6.45) is 2.52. The van der Waals surface area contributed by atoms with Gasteiger partial charge in [0.05, 0.1) is 6.49 Å². The lowest BCUT2D eigenvalue weighted by molar-refractivity contribution is 0.695. The van der Waals surface area contributed by atoms with E-state index in [2.05, 4.69) is 0 Å². The van der Waals surface area contributed by atoms with E-state index in [0.29, 0.717) is 5.47 Å². The second-order valence-electron chi connectivity index (χ2n) is 4.46. The third kappa shape index (κ3) is 3.54. The molecule has 12 radical (unpaired) electrons. The maximum absolute atomic E-state index is 5.95.